The molecule has 1 atom stereocenters. The lowest BCUT2D eigenvalue weighted by atomic mass is 10.1. The molecule has 0 aliphatic carbocycles. The van der Waals surface area contributed by atoms with E-state index in [1.54, 1.807) is 40.1 Å². The zero-order valence-electron chi connectivity index (χ0n) is 14.5. The number of carbonyl (C=O) groups is 2. The summed E-state index contributed by atoms with van der Waals surface area (Å²) in [6.07, 6.45) is 1.70. The van der Waals surface area contributed by atoms with Crippen molar-refractivity contribution in [3.8, 4) is 0 Å². The number of Topliss-reactive ketones (excluding diaryl/α,β-unsaturated/α-hetero) is 1. The van der Waals surface area contributed by atoms with Crippen LogP contribution in [0.2, 0.25) is 5.02 Å². The van der Waals surface area contributed by atoms with E-state index in [9.17, 15) is 14.0 Å². The zero-order chi connectivity index (χ0) is 18.7. The number of ketones is 1. The van der Waals surface area contributed by atoms with E-state index in [1.807, 2.05) is 6.92 Å². The summed E-state index contributed by atoms with van der Waals surface area (Å²) in [5.74, 6) is -0.728. The fourth-order valence-electron chi connectivity index (χ4n) is 3.22. The Kier molecular flexibility index (Phi) is 5.57. The molecular weight excluding hydrogens is 355 g/mol. The molecule has 2 aromatic carbocycles. The van der Waals surface area contributed by atoms with Crippen LogP contribution in [0.25, 0.3) is 0 Å². The number of hydrogen-bond donors (Lipinski definition) is 0. The van der Waals surface area contributed by atoms with E-state index in [1.165, 1.54) is 18.2 Å². The number of carbonyl (C=O) groups excluding carboxylic acids is 2. The summed E-state index contributed by atoms with van der Waals surface area (Å²) in [6, 6.07) is 12.3. The maximum atomic E-state index is 13.4. The second kappa shape index (κ2) is 7.87. The number of amides is 2. The van der Waals surface area contributed by atoms with Crippen LogP contribution in [0.5, 0.6) is 0 Å². The molecule has 26 heavy (non-hydrogen) atoms. The van der Waals surface area contributed by atoms with Gasteiger partial charge in [0, 0.05) is 22.8 Å². The smallest absolute Gasteiger partial charge is 0.312 e. The highest BCUT2D eigenvalue weighted by atomic mass is 35.5. The fourth-order valence-corrected chi connectivity index (χ4v) is 3.35. The molecule has 1 aliphatic rings. The molecule has 1 heterocycles. The highest BCUT2D eigenvalue weighted by molar-refractivity contribution is 6.30. The molecule has 1 aliphatic heterocycles. The van der Waals surface area contributed by atoms with Gasteiger partial charge in [0.25, 0.3) is 0 Å². The highest BCUT2D eigenvalue weighted by Gasteiger charge is 2.38. The first-order chi connectivity index (χ1) is 12.5. The third kappa shape index (κ3) is 3.88. The summed E-state index contributed by atoms with van der Waals surface area (Å²) in [4.78, 5) is 28.7. The standard InChI is InChI=1S/C20H20ClFN2O2/c1-2-4-18-12-23(17-9-7-15(21)8-10-17)20(26)24(18)13-19(25)14-5-3-6-16(22)11-14/h3,5-11,18H,2,4,12-13H2,1H3/t18-/m0/s1. The van der Waals surface area contributed by atoms with Crippen LogP contribution in [-0.4, -0.2) is 35.8 Å². The quantitative estimate of drug-likeness (QED) is 0.683. The molecule has 0 bridgehead atoms. The number of anilines is 1. The lowest BCUT2D eigenvalue weighted by Gasteiger charge is -2.22. The number of rotatable bonds is 6. The van der Waals surface area contributed by atoms with Gasteiger partial charge >= 0.3 is 6.03 Å². The first kappa shape index (κ1) is 18.4. The Bertz CT molecular complexity index is 810. The minimum absolute atomic E-state index is 0.0549. The third-order valence-corrected chi connectivity index (χ3v) is 4.78. The minimum atomic E-state index is -0.462. The van der Waals surface area contributed by atoms with Crippen molar-refractivity contribution < 1.29 is 14.0 Å². The zero-order valence-corrected chi connectivity index (χ0v) is 15.2. The van der Waals surface area contributed by atoms with Gasteiger partial charge in [-0.15, -0.1) is 0 Å². The number of urea groups is 1. The number of hydrogen-bond acceptors (Lipinski definition) is 2. The monoisotopic (exact) mass is 374 g/mol. The maximum Gasteiger partial charge on any atom is 0.325 e. The van der Waals surface area contributed by atoms with E-state index >= 15 is 0 Å². The van der Waals surface area contributed by atoms with Crippen molar-refractivity contribution in [2.45, 2.75) is 25.8 Å². The van der Waals surface area contributed by atoms with Crippen molar-refractivity contribution in [3.05, 3.63) is 64.9 Å². The summed E-state index contributed by atoms with van der Waals surface area (Å²) in [6.45, 7) is 2.50. The minimum Gasteiger partial charge on any atom is -0.312 e. The Balaban J connectivity index is 1.80. The van der Waals surface area contributed by atoms with Gasteiger partial charge in [0.2, 0.25) is 0 Å². The number of nitrogens with zero attached hydrogens (tertiary/aromatic N) is 2. The average Bonchev–Trinajstić information content (AvgIpc) is 2.92. The molecular formula is C20H20ClFN2O2. The molecule has 136 valence electrons. The van der Waals surface area contributed by atoms with Crippen LogP contribution in [0.3, 0.4) is 0 Å². The van der Waals surface area contributed by atoms with Crippen LogP contribution in [0.4, 0.5) is 14.9 Å². The lowest BCUT2D eigenvalue weighted by Crippen LogP contribution is -2.39. The molecule has 1 saturated heterocycles. The normalized spacial score (nSPS) is 17.0. The van der Waals surface area contributed by atoms with Gasteiger partial charge in [0.15, 0.2) is 5.78 Å². The Morgan fingerprint density at radius 2 is 1.96 bits per heavy atom. The molecule has 2 aromatic rings. The largest absolute Gasteiger partial charge is 0.325 e. The average molecular weight is 375 g/mol. The fraction of sp³-hybridized carbons (Fsp3) is 0.300. The summed E-state index contributed by atoms with van der Waals surface area (Å²) >= 11 is 5.92. The summed E-state index contributed by atoms with van der Waals surface area (Å²) in [7, 11) is 0. The van der Waals surface area contributed by atoms with Gasteiger partial charge in [-0.3, -0.25) is 9.69 Å². The van der Waals surface area contributed by atoms with Gasteiger partial charge in [-0.25, -0.2) is 9.18 Å². The molecule has 0 radical (unpaired) electrons. The molecule has 2 amide bonds. The molecule has 0 aromatic heterocycles. The predicted molar refractivity (Wildman–Crippen MR) is 100 cm³/mol. The molecule has 6 heteroatoms. The molecule has 4 nitrogen and oxygen atoms in total. The number of benzene rings is 2. The van der Waals surface area contributed by atoms with Crippen molar-refractivity contribution in [2.75, 3.05) is 18.0 Å². The molecule has 0 unspecified atom stereocenters. The van der Waals surface area contributed by atoms with Crippen molar-refractivity contribution in [3.63, 3.8) is 0 Å². The van der Waals surface area contributed by atoms with Gasteiger partial charge in [-0.1, -0.05) is 37.1 Å². The van der Waals surface area contributed by atoms with E-state index < -0.39 is 5.82 Å². The van der Waals surface area contributed by atoms with E-state index in [-0.39, 0.29) is 30.0 Å². The lowest BCUT2D eigenvalue weighted by molar-refractivity contribution is 0.0935. The molecule has 0 N–H and O–H groups in total. The van der Waals surface area contributed by atoms with Gasteiger partial charge < -0.3 is 4.90 Å². The summed E-state index contributed by atoms with van der Waals surface area (Å²) < 4.78 is 13.4. The highest BCUT2D eigenvalue weighted by Crippen LogP contribution is 2.27. The molecule has 0 spiro atoms. The topological polar surface area (TPSA) is 40.6 Å². The molecule has 0 saturated carbocycles. The number of halogens is 2. The first-order valence-electron chi connectivity index (χ1n) is 8.62. The Morgan fingerprint density at radius 3 is 2.62 bits per heavy atom. The van der Waals surface area contributed by atoms with Crippen LogP contribution >= 0.6 is 11.6 Å². The van der Waals surface area contributed by atoms with Gasteiger partial charge in [0.1, 0.15) is 5.82 Å². The van der Waals surface area contributed by atoms with Crippen molar-refractivity contribution in [2.24, 2.45) is 0 Å². The predicted octanol–water partition coefficient (Wildman–Crippen LogP) is 4.77. The summed E-state index contributed by atoms with van der Waals surface area (Å²) in [5, 5.41) is 0.601. The van der Waals surface area contributed by atoms with E-state index in [0.29, 0.717) is 11.6 Å². The first-order valence-corrected chi connectivity index (χ1v) is 9.00. The Labute approximate surface area is 157 Å². The van der Waals surface area contributed by atoms with Crippen LogP contribution in [0.15, 0.2) is 48.5 Å². The van der Waals surface area contributed by atoms with Crippen LogP contribution in [-0.2, 0) is 0 Å². The molecule has 3 rings (SSSR count). The van der Waals surface area contributed by atoms with E-state index in [0.717, 1.165) is 18.5 Å². The van der Waals surface area contributed by atoms with E-state index in [2.05, 4.69) is 0 Å². The van der Waals surface area contributed by atoms with Crippen LogP contribution < -0.4 is 4.90 Å². The van der Waals surface area contributed by atoms with Gasteiger partial charge in [-0.2, -0.15) is 0 Å². The van der Waals surface area contributed by atoms with Crippen molar-refractivity contribution >= 4 is 29.1 Å². The van der Waals surface area contributed by atoms with Crippen LogP contribution in [0, 0.1) is 5.82 Å². The maximum absolute atomic E-state index is 13.4. The van der Waals surface area contributed by atoms with Gasteiger partial charge in [0.05, 0.1) is 12.6 Å². The second-order valence-electron chi connectivity index (χ2n) is 6.37. The third-order valence-electron chi connectivity index (χ3n) is 4.53. The van der Waals surface area contributed by atoms with Crippen molar-refractivity contribution in [1.82, 2.24) is 4.90 Å². The second-order valence-corrected chi connectivity index (χ2v) is 6.81. The Hall–Kier alpha value is -2.40. The van der Waals surface area contributed by atoms with Crippen LogP contribution in [0.1, 0.15) is 30.1 Å². The molecule has 1 fully saturated rings. The summed E-state index contributed by atoms with van der Waals surface area (Å²) in [5.41, 5.74) is 1.03. The van der Waals surface area contributed by atoms with E-state index in [4.69, 9.17) is 11.6 Å². The Morgan fingerprint density at radius 1 is 1.23 bits per heavy atom. The SMILES string of the molecule is CCC[C@H]1CN(c2ccc(Cl)cc2)C(=O)N1CC(=O)c1cccc(F)c1. The van der Waals surface area contributed by atoms with Gasteiger partial charge in [-0.05, 0) is 42.8 Å². The van der Waals surface area contributed by atoms with Crippen molar-refractivity contribution in [1.29, 1.82) is 0 Å².